The Labute approximate surface area is 143 Å². The van der Waals surface area contributed by atoms with Crippen LogP contribution in [0.1, 0.15) is 22.0 Å². The number of H-pyrrole nitrogens is 1. The zero-order chi connectivity index (χ0) is 16.9. The van der Waals surface area contributed by atoms with Crippen molar-refractivity contribution in [3.8, 4) is 11.4 Å². The fourth-order valence-corrected chi connectivity index (χ4v) is 2.56. The highest BCUT2D eigenvalue weighted by molar-refractivity contribution is 6.31. The molecule has 1 unspecified atom stereocenters. The zero-order valence-electron chi connectivity index (χ0n) is 12.6. The van der Waals surface area contributed by atoms with Crippen molar-refractivity contribution in [2.75, 3.05) is 6.54 Å². The summed E-state index contributed by atoms with van der Waals surface area (Å²) >= 11 is 6.04. The van der Waals surface area contributed by atoms with Gasteiger partial charge in [-0.25, -0.2) is 4.98 Å². The van der Waals surface area contributed by atoms with Gasteiger partial charge in [0.15, 0.2) is 5.82 Å². The molecule has 122 valence electrons. The Kier molecular flexibility index (Phi) is 4.88. The molecule has 7 heteroatoms. The Morgan fingerprint density at radius 3 is 2.83 bits per heavy atom. The molecule has 3 aromatic rings. The van der Waals surface area contributed by atoms with Gasteiger partial charge in [0.2, 0.25) is 0 Å². The van der Waals surface area contributed by atoms with Crippen LogP contribution in [0.5, 0.6) is 0 Å². The van der Waals surface area contributed by atoms with Crippen LogP contribution in [-0.2, 0) is 0 Å². The molecule has 0 spiro atoms. The molecule has 0 saturated heterocycles. The zero-order valence-corrected chi connectivity index (χ0v) is 13.4. The first-order valence-corrected chi connectivity index (χ1v) is 7.69. The van der Waals surface area contributed by atoms with Crippen molar-refractivity contribution in [3.05, 3.63) is 71.0 Å². The maximum absolute atomic E-state index is 12.3. The summed E-state index contributed by atoms with van der Waals surface area (Å²) in [6.07, 6.45) is 0.530. The SMILES string of the molecule is O=C(NCC(O)c1ccccc1Cl)c1cccc(-c2ncn[nH]2)c1. The Morgan fingerprint density at radius 1 is 1.25 bits per heavy atom. The van der Waals surface area contributed by atoms with Crippen molar-refractivity contribution in [3.63, 3.8) is 0 Å². The summed E-state index contributed by atoms with van der Waals surface area (Å²) in [7, 11) is 0. The van der Waals surface area contributed by atoms with Gasteiger partial charge < -0.3 is 10.4 Å². The average Bonchev–Trinajstić information content (AvgIpc) is 3.14. The van der Waals surface area contributed by atoms with Gasteiger partial charge in [0.05, 0.1) is 6.10 Å². The maximum Gasteiger partial charge on any atom is 0.251 e. The molecule has 0 fully saturated rings. The fourth-order valence-electron chi connectivity index (χ4n) is 2.30. The molecule has 3 rings (SSSR count). The Bertz CT molecular complexity index is 836. The predicted molar refractivity (Wildman–Crippen MR) is 90.6 cm³/mol. The number of aliphatic hydroxyl groups excluding tert-OH is 1. The standard InChI is InChI=1S/C17H15ClN4O2/c18-14-7-2-1-6-13(14)15(23)9-19-17(24)12-5-3-4-11(8-12)16-20-10-21-22-16/h1-8,10,15,23H,9H2,(H,19,24)(H,20,21,22). The number of halogens is 1. The van der Waals surface area contributed by atoms with Crippen molar-refractivity contribution >= 4 is 17.5 Å². The average molecular weight is 343 g/mol. The number of carbonyl (C=O) groups is 1. The molecule has 0 bridgehead atoms. The highest BCUT2D eigenvalue weighted by Crippen LogP contribution is 2.22. The molecule has 1 amide bonds. The smallest absolute Gasteiger partial charge is 0.251 e. The summed E-state index contributed by atoms with van der Waals surface area (Å²) in [6, 6.07) is 14.0. The van der Waals surface area contributed by atoms with Crippen LogP contribution < -0.4 is 5.32 Å². The van der Waals surface area contributed by atoms with Crippen LogP contribution >= 0.6 is 11.6 Å². The van der Waals surface area contributed by atoms with E-state index < -0.39 is 6.10 Å². The molecule has 1 aromatic heterocycles. The second-order valence-corrected chi connectivity index (χ2v) is 5.57. The number of nitrogens with one attached hydrogen (secondary N) is 2. The van der Waals surface area contributed by atoms with Gasteiger partial charge in [-0.2, -0.15) is 5.10 Å². The van der Waals surface area contributed by atoms with E-state index in [0.29, 0.717) is 22.0 Å². The van der Waals surface area contributed by atoms with Crippen LogP contribution in [0.25, 0.3) is 11.4 Å². The molecule has 3 N–H and O–H groups in total. The van der Waals surface area contributed by atoms with Crippen LogP contribution in [0, 0.1) is 0 Å². The molecule has 0 radical (unpaired) electrons. The van der Waals surface area contributed by atoms with E-state index in [1.165, 1.54) is 6.33 Å². The third-order valence-electron chi connectivity index (χ3n) is 3.53. The molecule has 0 aliphatic carbocycles. The molecule has 24 heavy (non-hydrogen) atoms. The van der Waals surface area contributed by atoms with Crippen molar-refractivity contribution < 1.29 is 9.90 Å². The summed E-state index contributed by atoms with van der Waals surface area (Å²) in [5.41, 5.74) is 1.80. The number of aromatic amines is 1. The minimum atomic E-state index is -0.875. The normalized spacial score (nSPS) is 11.9. The minimum Gasteiger partial charge on any atom is -0.387 e. The molecule has 2 aromatic carbocycles. The van der Waals surface area contributed by atoms with Crippen molar-refractivity contribution in [1.29, 1.82) is 0 Å². The first kappa shape index (κ1) is 16.2. The third-order valence-corrected chi connectivity index (χ3v) is 3.88. The molecule has 1 heterocycles. The van der Waals surface area contributed by atoms with Gasteiger partial charge in [-0.3, -0.25) is 9.89 Å². The summed E-state index contributed by atoms with van der Waals surface area (Å²) < 4.78 is 0. The Balaban J connectivity index is 1.67. The van der Waals surface area contributed by atoms with Gasteiger partial charge in [-0.05, 0) is 18.2 Å². The molecule has 1 atom stereocenters. The van der Waals surface area contributed by atoms with E-state index in [4.69, 9.17) is 11.6 Å². The lowest BCUT2D eigenvalue weighted by Crippen LogP contribution is -2.28. The van der Waals surface area contributed by atoms with E-state index in [0.717, 1.165) is 5.56 Å². The van der Waals surface area contributed by atoms with Crippen LogP contribution in [0.15, 0.2) is 54.9 Å². The molecular weight excluding hydrogens is 328 g/mol. The Hall–Kier alpha value is -2.70. The number of benzene rings is 2. The van der Waals surface area contributed by atoms with Crippen LogP contribution in [0.3, 0.4) is 0 Å². The van der Waals surface area contributed by atoms with E-state index in [-0.39, 0.29) is 12.5 Å². The van der Waals surface area contributed by atoms with Gasteiger partial charge in [0.1, 0.15) is 6.33 Å². The summed E-state index contributed by atoms with van der Waals surface area (Å²) in [5.74, 6) is 0.295. The van der Waals surface area contributed by atoms with Gasteiger partial charge >= 0.3 is 0 Å². The molecule has 0 aliphatic heterocycles. The monoisotopic (exact) mass is 342 g/mol. The van der Waals surface area contributed by atoms with Crippen molar-refractivity contribution in [1.82, 2.24) is 20.5 Å². The summed E-state index contributed by atoms with van der Waals surface area (Å²) in [4.78, 5) is 16.3. The lowest BCUT2D eigenvalue weighted by Gasteiger charge is -2.13. The lowest BCUT2D eigenvalue weighted by atomic mass is 10.1. The van der Waals surface area contributed by atoms with Gasteiger partial charge in [-0.15, -0.1) is 0 Å². The van der Waals surface area contributed by atoms with Crippen molar-refractivity contribution in [2.24, 2.45) is 0 Å². The van der Waals surface area contributed by atoms with Crippen molar-refractivity contribution in [2.45, 2.75) is 6.10 Å². The van der Waals surface area contributed by atoms with E-state index >= 15 is 0 Å². The minimum absolute atomic E-state index is 0.0646. The number of aromatic nitrogens is 3. The largest absolute Gasteiger partial charge is 0.387 e. The quantitative estimate of drug-likeness (QED) is 0.664. The second-order valence-electron chi connectivity index (χ2n) is 5.16. The summed E-state index contributed by atoms with van der Waals surface area (Å²) in [6.45, 7) is 0.0646. The number of amides is 1. The number of nitrogens with zero attached hydrogens (tertiary/aromatic N) is 2. The van der Waals surface area contributed by atoms with E-state index in [2.05, 4.69) is 20.5 Å². The maximum atomic E-state index is 12.3. The first-order valence-electron chi connectivity index (χ1n) is 7.31. The second kappa shape index (κ2) is 7.25. The lowest BCUT2D eigenvalue weighted by molar-refractivity contribution is 0.0916. The molecule has 6 nitrogen and oxygen atoms in total. The first-order chi connectivity index (χ1) is 11.6. The fraction of sp³-hybridized carbons (Fsp3) is 0.118. The topological polar surface area (TPSA) is 90.9 Å². The van der Waals surface area contributed by atoms with Gasteiger partial charge in [0.25, 0.3) is 5.91 Å². The number of aliphatic hydroxyl groups is 1. The van der Waals surface area contributed by atoms with E-state index in [1.807, 2.05) is 6.07 Å². The molecular formula is C17H15ClN4O2. The van der Waals surface area contributed by atoms with Crippen LogP contribution in [-0.4, -0.2) is 32.7 Å². The number of rotatable bonds is 5. The highest BCUT2D eigenvalue weighted by atomic mass is 35.5. The van der Waals surface area contributed by atoms with Gasteiger partial charge in [-0.1, -0.05) is 41.9 Å². The van der Waals surface area contributed by atoms with E-state index in [1.54, 1.807) is 42.5 Å². The number of hydrogen-bond acceptors (Lipinski definition) is 4. The number of hydrogen-bond donors (Lipinski definition) is 3. The summed E-state index contributed by atoms with van der Waals surface area (Å²) in [5, 5.41) is 19.9. The van der Waals surface area contributed by atoms with E-state index in [9.17, 15) is 9.90 Å². The predicted octanol–water partition coefficient (Wildman–Crippen LogP) is 2.59. The molecule has 0 aliphatic rings. The highest BCUT2D eigenvalue weighted by Gasteiger charge is 2.14. The molecule has 0 saturated carbocycles. The van der Waals surface area contributed by atoms with Crippen LogP contribution in [0.2, 0.25) is 5.02 Å². The Morgan fingerprint density at radius 2 is 2.08 bits per heavy atom. The van der Waals surface area contributed by atoms with Crippen LogP contribution in [0.4, 0.5) is 0 Å². The third kappa shape index (κ3) is 3.61. The number of carbonyl (C=O) groups excluding carboxylic acids is 1. The van der Waals surface area contributed by atoms with Gasteiger partial charge in [0, 0.05) is 28.3 Å².